The number of rotatable bonds is 5. The maximum absolute atomic E-state index is 11.1. The van der Waals surface area contributed by atoms with E-state index in [4.69, 9.17) is 4.74 Å². The van der Waals surface area contributed by atoms with Crippen LogP contribution in [0.15, 0.2) is 42.6 Å². The molecule has 0 aliphatic rings. The Labute approximate surface area is 143 Å². The first-order chi connectivity index (χ1) is 11.6. The SMILES string of the molecule is CCCOc1ccc(C#Cc2ccc(C(C)NC(C)=O)cc2)cn1. The standard InChI is InChI=1S/C20H22N2O2/c1-4-13-24-20-12-9-18(14-21-20)6-5-17-7-10-19(11-8-17)15(2)22-16(3)23/h7-12,14-15H,4,13H2,1-3H3,(H,22,23). The molecule has 4 nitrogen and oxygen atoms in total. The molecule has 1 amide bonds. The van der Waals surface area contributed by atoms with Crippen LogP contribution in [0.5, 0.6) is 5.88 Å². The van der Waals surface area contributed by atoms with E-state index < -0.39 is 0 Å². The fraction of sp³-hybridized carbons (Fsp3) is 0.300. The van der Waals surface area contributed by atoms with Crippen LogP contribution >= 0.6 is 0 Å². The van der Waals surface area contributed by atoms with E-state index in [0.717, 1.165) is 23.1 Å². The average Bonchev–Trinajstić information content (AvgIpc) is 2.59. The van der Waals surface area contributed by atoms with Gasteiger partial charge in [0, 0.05) is 30.3 Å². The van der Waals surface area contributed by atoms with E-state index in [1.807, 2.05) is 43.3 Å². The fourth-order valence-corrected chi connectivity index (χ4v) is 2.13. The Bertz CT molecular complexity index is 725. The molecule has 1 N–H and O–H groups in total. The molecule has 0 fully saturated rings. The number of nitrogens with one attached hydrogen (secondary N) is 1. The van der Waals surface area contributed by atoms with Crippen LogP contribution in [0.25, 0.3) is 0 Å². The number of carbonyl (C=O) groups is 1. The first kappa shape index (κ1) is 17.6. The van der Waals surface area contributed by atoms with Gasteiger partial charge in [0.2, 0.25) is 11.8 Å². The Balaban J connectivity index is 2.01. The first-order valence-electron chi connectivity index (χ1n) is 8.06. The van der Waals surface area contributed by atoms with Gasteiger partial charge in [-0.05, 0) is 37.1 Å². The van der Waals surface area contributed by atoms with Crippen molar-refractivity contribution in [3.05, 3.63) is 59.3 Å². The van der Waals surface area contributed by atoms with Crippen LogP contribution < -0.4 is 10.1 Å². The highest BCUT2D eigenvalue weighted by atomic mass is 16.5. The van der Waals surface area contributed by atoms with Crippen LogP contribution in [0.1, 0.15) is 49.9 Å². The molecule has 0 aliphatic heterocycles. The zero-order valence-corrected chi connectivity index (χ0v) is 14.3. The summed E-state index contributed by atoms with van der Waals surface area (Å²) in [6, 6.07) is 11.6. The van der Waals surface area contributed by atoms with E-state index in [0.29, 0.717) is 12.5 Å². The molecule has 124 valence electrons. The number of hydrogen-bond donors (Lipinski definition) is 1. The second kappa shape index (κ2) is 8.73. The summed E-state index contributed by atoms with van der Waals surface area (Å²) < 4.78 is 5.45. The monoisotopic (exact) mass is 322 g/mol. The lowest BCUT2D eigenvalue weighted by atomic mass is 10.1. The highest BCUT2D eigenvalue weighted by Gasteiger charge is 2.05. The summed E-state index contributed by atoms with van der Waals surface area (Å²) in [5.74, 6) is 6.79. The molecule has 0 radical (unpaired) electrons. The largest absolute Gasteiger partial charge is 0.478 e. The molecule has 2 rings (SSSR count). The number of hydrogen-bond acceptors (Lipinski definition) is 3. The lowest BCUT2D eigenvalue weighted by Gasteiger charge is -2.12. The molecule has 0 saturated heterocycles. The summed E-state index contributed by atoms with van der Waals surface area (Å²) in [5.41, 5.74) is 2.81. The van der Waals surface area contributed by atoms with Gasteiger partial charge < -0.3 is 10.1 Å². The maximum atomic E-state index is 11.1. The van der Waals surface area contributed by atoms with Crippen molar-refractivity contribution < 1.29 is 9.53 Å². The minimum absolute atomic E-state index is 0.00984. The van der Waals surface area contributed by atoms with E-state index in [-0.39, 0.29) is 11.9 Å². The third-order valence-electron chi connectivity index (χ3n) is 3.37. The molecule has 0 spiro atoms. The maximum Gasteiger partial charge on any atom is 0.217 e. The molecule has 1 aromatic heterocycles. The molecule has 1 unspecified atom stereocenters. The number of ether oxygens (including phenoxy) is 1. The van der Waals surface area contributed by atoms with Crippen molar-refractivity contribution in [1.29, 1.82) is 0 Å². The second-order valence-corrected chi connectivity index (χ2v) is 5.53. The van der Waals surface area contributed by atoms with Gasteiger partial charge in [-0.15, -0.1) is 0 Å². The Hall–Kier alpha value is -2.80. The zero-order valence-electron chi connectivity index (χ0n) is 14.3. The Morgan fingerprint density at radius 1 is 1.17 bits per heavy atom. The van der Waals surface area contributed by atoms with Gasteiger partial charge in [-0.2, -0.15) is 0 Å². The van der Waals surface area contributed by atoms with Gasteiger partial charge >= 0.3 is 0 Å². The minimum Gasteiger partial charge on any atom is -0.478 e. The molecule has 1 heterocycles. The highest BCUT2D eigenvalue weighted by molar-refractivity contribution is 5.73. The van der Waals surface area contributed by atoms with Gasteiger partial charge in [-0.1, -0.05) is 30.9 Å². The van der Waals surface area contributed by atoms with E-state index in [1.54, 1.807) is 6.20 Å². The summed E-state index contributed by atoms with van der Waals surface area (Å²) >= 11 is 0. The minimum atomic E-state index is -0.0368. The quantitative estimate of drug-likeness (QED) is 0.858. The van der Waals surface area contributed by atoms with Crippen LogP contribution in [-0.2, 0) is 4.79 Å². The number of benzene rings is 1. The summed E-state index contributed by atoms with van der Waals surface area (Å²) in [6.45, 7) is 6.20. The number of carbonyl (C=O) groups excluding carboxylic acids is 1. The van der Waals surface area contributed by atoms with Crippen molar-refractivity contribution in [3.8, 4) is 17.7 Å². The molecule has 0 saturated carbocycles. The summed E-state index contributed by atoms with van der Waals surface area (Å²) in [7, 11) is 0. The van der Waals surface area contributed by atoms with Gasteiger partial charge in [0.05, 0.1) is 12.6 Å². The number of aromatic nitrogens is 1. The molecule has 2 aromatic rings. The smallest absolute Gasteiger partial charge is 0.217 e. The van der Waals surface area contributed by atoms with E-state index in [1.165, 1.54) is 6.92 Å². The third-order valence-corrected chi connectivity index (χ3v) is 3.37. The number of pyridine rings is 1. The lowest BCUT2D eigenvalue weighted by Crippen LogP contribution is -2.23. The average molecular weight is 322 g/mol. The normalized spacial score (nSPS) is 11.1. The van der Waals surface area contributed by atoms with E-state index in [9.17, 15) is 4.79 Å². The molecule has 0 bridgehead atoms. The van der Waals surface area contributed by atoms with Gasteiger partial charge in [-0.3, -0.25) is 4.79 Å². The van der Waals surface area contributed by atoms with Crippen molar-refractivity contribution in [2.24, 2.45) is 0 Å². The molecule has 0 aliphatic carbocycles. The van der Waals surface area contributed by atoms with Crippen LogP contribution in [0.2, 0.25) is 0 Å². The number of amides is 1. The van der Waals surface area contributed by atoms with Gasteiger partial charge in [-0.25, -0.2) is 4.98 Å². The zero-order chi connectivity index (χ0) is 17.4. The molecule has 4 heteroatoms. The van der Waals surface area contributed by atoms with E-state index in [2.05, 4.69) is 29.1 Å². The topological polar surface area (TPSA) is 51.2 Å². The second-order valence-electron chi connectivity index (χ2n) is 5.53. The van der Waals surface area contributed by atoms with Crippen molar-refractivity contribution in [2.75, 3.05) is 6.61 Å². The summed E-state index contributed by atoms with van der Waals surface area (Å²) in [5, 5.41) is 2.86. The van der Waals surface area contributed by atoms with Crippen molar-refractivity contribution >= 4 is 5.91 Å². The van der Waals surface area contributed by atoms with Gasteiger partial charge in [0.15, 0.2) is 0 Å². The molecule has 24 heavy (non-hydrogen) atoms. The Morgan fingerprint density at radius 2 is 1.83 bits per heavy atom. The molecular formula is C20H22N2O2. The number of nitrogens with zero attached hydrogens (tertiary/aromatic N) is 1. The van der Waals surface area contributed by atoms with Crippen molar-refractivity contribution in [3.63, 3.8) is 0 Å². The lowest BCUT2D eigenvalue weighted by molar-refractivity contribution is -0.119. The fourth-order valence-electron chi connectivity index (χ4n) is 2.13. The van der Waals surface area contributed by atoms with Crippen molar-refractivity contribution in [1.82, 2.24) is 10.3 Å². The van der Waals surface area contributed by atoms with E-state index >= 15 is 0 Å². The Morgan fingerprint density at radius 3 is 2.42 bits per heavy atom. The van der Waals surface area contributed by atoms with Gasteiger partial charge in [0.25, 0.3) is 0 Å². The third kappa shape index (κ3) is 5.44. The molecular weight excluding hydrogens is 300 g/mol. The summed E-state index contributed by atoms with van der Waals surface area (Å²) in [6.07, 6.45) is 2.67. The summed E-state index contributed by atoms with van der Waals surface area (Å²) in [4.78, 5) is 15.3. The predicted octanol–water partition coefficient (Wildman–Crippen LogP) is 3.47. The van der Waals surface area contributed by atoms with Crippen molar-refractivity contribution in [2.45, 2.75) is 33.2 Å². The molecule has 1 atom stereocenters. The van der Waals surface area contributed by atoms with Crippen LogP contribution in [-0.4, -0.2) is 17.5 Å². The molecule has 1 aromatic carbocycles. The van der Waals surface area contributed by atoms with Crippen LogP contribution in [0.4, 0.5) is 0 Å². The van der Waals surface area contributed by atoms with Crippen LogP contribution in [0, 0.1) is 11.8 Å². The predicted molar refractivity (Wildman–Crippen MR) is 94.7 cm³/mol. The Kier molecular flexibility index (Phi) is 6.39. The first-order valence-corrected chi connectivity index (χ1v) is 8.06. The van der Waals surface area contributed by atoms with Crippen LogP contribution in [0.3, 0.4) is 0 Å². The van der Waals surface area contributed by atoms with Gasteiger partial charge in [0.1, 0.15) is 0 Å². The highest BCUT2D eigenvalue weighted by Crippen LogP contribution is 2.13.